The third-order valence-corrected chi connectivity index (χ3v) is 4.80. The lowest BCUT2D eigenvalue weighted by Crippen LogP contribution is -2.23. The molecule has 0 spiro atoms. The summed E-state index contributed by atoms with van der Waals surface area (Å²) in [4.78, 5) is 4.36. The Morgan fingerprint density at radius 1 is 0.871 bits per heavy atom. The van der Waals surface area contributed by atoms with Crippen molar-refractivity contribution in [2.45, 2.75) is 25.6 Å². The van der Waals surface area contributed by atoms with Crippen LogP contribution in [0.2, 0.25) is 0 Å². The molecule has 0 saturated carbocycles. The molecule has 7 heteroatoms. The Kier molecular flexibility index (Phi) is 6.64. The van der Waals surface area contributed by atoms with Crippen LogP contribution in [0.15, 0.2) is 89.5 Å². The number of rotatable bonds is 9. The SMILES string of the molecule is FC(F)Oc1ccccc1-c1noc(CNC(Cc2ccccc2)c2ccccc2)n1. The van der Waals surface area contributed by atoms with Crippen molar-refractivity contribution in [1.82, 2.24) is 15.5 Å². The molecule has 1 heterocycles. The average Bonchev–Trinajstić information content (AvgIpc) is 3.27. The van der Waals surface area contributed by atoms with Crippen LogP contribution in [0.3, 0.4) is 0 Å². The number of hydrogen-bond acceptors (Lipinski definition) is 5. The van der Waals surface area contributed by atoms with E-state index in [2.05, 4.69) is 44.5 Å². The third kappa shape index (κ3) is 5.52. The van der Waals surface area contributed by atoms with Crippen molar-refractivity contribution < 1.29 is 18.0 Å². The first kappa shape index (κ1) is 20.7. The van der Waals surface area contributed by atoms with Gasteiger partial charge in [-0.3, -0.25) is 0 Å². The number of benzene rings is 3. The van der Waals surface area contributed by atoms with Crippen LogP contribution in [0, 0.1) is 0 Å². The number of hydrogen-bond donors (Lipinski definition) is 1. The number of halogens is 2. The van der Waals surface area contributed by atoms with E-state index >= 15 is 0 Å². The van der Waals surface area contributed by atoms with E-state index in [-0.39, 0.29) is 17.6 Å². The second kappa shape index (κ2) is 9.95. The molecule has 1 N–H and O–H groups in total. The highest BCUT2D eigenvalue weighted by Crippen LogP contribution is 2.29. The number of nitrogens with one attached hydrogen (secondary N) is 1. The molecule has 0 amide bonds. The van der Waals surface area contributed by atoms with Crippen molar-refractivity contribution in [1.29, 1.82) is 0 Å². The molecule has 0 aliphatic carbocycles. The van der Waals surface area contributed by atoms with E-state index in [1.165, 1.54) is 11.6 Å². The van der Waals surface area contributed by atoms with Gasteiger partial charge < -0.3 is 14.6 Å². The number of aromatic nitrogens is 2. The second-order valence-electron chi connectivity index (χ2n) is 6.92. The van der Waals surface area contributed by atoms with Crippen LogP contribution < -0.4 is 10.1 Å². The maximum atomic E-state index is 12.7. The van der Waals surface area contributed by atoms with Gasteiger partial charge in [-0.1, -0.05) is 78.0 Å². The Morgan fingerprint density at radius 2 is 1.55 bits per heavy atom. The Bertz CT molecular complexity index is 1090. The maximum absolute atomic E-state index is 12.7. The zero-order valence-corrected chi connectivity index (χ0v) is 16.6. The van der Waals surface area contributed by atoms with E-state index in [0.29, 0.717) is 18.0 Å². The van der Waals surface area contributed by atoms with Gasteiger partial charge in [0.2, 0.25) is 11.7 Å². The predicted molar refractivity (Wildman–Crippen MR) is 113 cm³/mol. The topological polar surface area (TPSA) is 60.2 Å². The lowest BCUT2D eigenvalue weighted by atomic mass is 9.99. The van der Waals surface area contributed by atoms with Gasteiger partial charge in [-0.2, -0.15) is 13.8 Å². The number of para-hydroxylation sites is 1. The van der Waals surface area contributed by atoms with Crippen molar-refractivity contribution in [2.75, 3.05) is 0 Å². The van der Waals surface area contributed by atoms with Crippen LogP contribution in [0.25, 0.3) is 11.4 Å². The second-order valence-corrected chi connectivity index (χ2v) is 6.92. The molecule has 4 aromatic rings. The molecule has 0 bridgehead atoms. The fraction of sp³-hybridized carbons (Fsp3) is 0.167. The fourth-order valence-electron chi connectivity index (χ4n) is 3.34. The highest BCUT2D eigenvalue weighted by Gasteiger charge is 2.17. The molecular formula is C24H21F2N3O2. The summed E-state index contributed by atoms with van der Waals surface area (Å²) in [5.74, 6) is 0.562. The van der Waals surface area contributed by atoms with E-state index in [1.807, 2.05) is 36.4 Å². The third-order valence-electron chi connectivity index (χ3n) is 4.80. The first-order chi connectivity index (χ1) is 15.2. The Balaban J connectivity index is 1.49. The Morgan fingerprint density at radius 3 is 2.29 bits per heavy atom. The number of alkyl halides is 2. The summed E-state index contributed by atoms with van der Waals surface area (Å²) in [5.41, 5.74) is 2.69. The summed E-state index contributed by atoms with van der Waals surface area (Å²) in [6, 6.07) is 26.7. The fourth-order valence-corrected chi connectivity index (χ4v) is 3.34. The minimum absolute atomic E-state index is 0.00375. The van der Waals surface area contributed by atoms with Gasteiger partial charge in [0.25, 0.3) is 0 Å². The summed E-state index contributed by atoms with van der Waals surface area (Å²) < 4.78 is 35.3. The summed E-state index contributed by atoms with van der Waals surface area (Å²) >= 11 is 0. The van der Waals surface area contributed by atoms with Crippen LogP contribution >= 0.6 is 0 Å². The molecule has 0 radical (unpaired) electrons. The van der Waals surface area contributed by atoms with Gasteiger partial charge in [0, 0.05) is 6.04 Å². The van der Waals surface area contributed by atoms with Crippen molar-refractivity contribution in [3.05, 3.63) is 102 Å². The normalized spacial score (nSPS) is 12.1. The molecule has 3 aromatic carbocycles. The summed E-state index contributed by atoms with van der Waals surface area (Å²) in [6.07, 6.45) is 0.789. The van der Waals surface area contributed by atoms with E-state index in [4.69, 9.17) is 4.52 Å². The van der Waals surface area contributed by atoms with Gasteiger partial charge in [-0.15, -0.1) is 0 Å². The first-order valence-corrected chi connectivity index (χ1v) is 9.88. The van der Waals surface area contributed by atoms with Crippen molar-refractivity contribution >= 4 is 0 Å². The van der Waals surface area contributed by atoms with Crippen molar-refractivity contribution in [3.63, 3.8) is 0 Å². The minimum Gasteiger partial charge on any atom is -0.434 e. The lowest BCUT2D eigenvalue weighted by molar-refractivity contribution is -0.0494. The smallest absolute Gasteiger partial charge is 0.387 e. The average molecular weight is 421 g/mol. The molecule has 1 aromatic heterocycles. The summed E-state index contributed by atoms with van der Waals surface area (Å²) in [5, 5.41) is 7.40. The monoisotopic (exact) mass is 421 g/mol. The van der Waals surface area contributed by atoms with Crippen LogP contribution in [0.1, 0.15) is 23.1 Å². The standard InChI is InChI=1S/C24H21F2N3O2/c25-24(26)30-21-14-8-7-13-19(21)23-28-22(31-29-23)16-27-20(18-11-5-2-6-12-18)15-17-9-3-1-4-10-17/h1-14,20,24,27H,15-16H2. The molecule has 0 saturated heterocycles. The van der Waals surface area contributed by atoms with E-state index in [9.17, 15) is 8.78 Å². The van der Waals surface area contributed by atoms with Crippen LogP contribution in [-0.4, -0.2) is 16.8 Å². The molecule has 1 unspecified atom stereocenters. The molecule has 4 rings (SSSR count). The number of nitrogens with zero attached hydrogens (tertiary/aromatic N) is 2. The highest BCUT2D eigenvalue weighted by molar-refractivity contribution is 5.63. The van der Waals surface area contributed by atoms with Crippen molar-refractivity contribution in [3.8, 4) is 17.1 Å². The molecule has 1 atom stereocenters. The van der Waals surface area contributed by atoms with Crippen molar-refractivity contribution in [2.24, 2.45) is 0 Å². The van der Waals surface area contributed by atoms with Gasteiger partial charge in [-0.25, -0.2) is 0 Å². The van der Waals surface area contributed by atoms with Gasteiger partial charge in [0.15, 0.2) is 0 Å². The summed E-state index contributed by atoms with van der Waals surface area (Å²) in [7, 11) is 0. The van der Waals surface area contributed by atoms with E-state index in [1.54, 1.807) is 18.2 Å². The van der Waals surface area contributed by atoms with Gasteiger partial charge in [-0.05, 0) is 29.7 Å². The van der Waals surface area contributed by atoms with Gasteiger partial charge in [0.1, 0.15) is 5.75 Å². The molecular weight excluding hydrogens is 400 g/mol. The van der Waals surface area contributed by atoms with E-state index < -0.39 is 6.61 Å². The first-order valence-electron chi connectivity index (χ1n) is 9.88. The highest BCUT2D eigenvalue weighted by atomic mass is 19.3. The lowest BCUT2D eigenvalue weighted by Gasteiger charge is -2.18. The summed E-state index contributed by atoms with van der Waals surface area (Å²) in [6.45, 7) is -2.60. The maximum Gasteiger partial charge on any atom is 0.387 e. The molecule has 5 nitrogen and oxygen atoms in total. The van der Waals surface area contributed by atoms with Gasteiger partial charge >= 0.3 is 6.61 Å². The van der Waals surface area contributed by atoms with Crippen LogP contribution in [0.4, 0.5) is 8.78 Å². The molecule has 0 fully saturated rings. The van der Waals surface area contributed by atoms with Gasteiger partial charge in [0.05, 0.1) is 12.1 Å². The van der Waals surface area contributed by atoms with Crippen LogP contribution in [-0.2, 0) is 13.0 Å². The number of ether oxygens (including phenoxy) is 1. The quantitative estimate of drug-likeness (QED) is 0.392. The zero-order valence-electron chi connectivity index (χ0n) is 16.6. The zero-order chi connectivity index (χ0) is 21.5. The molecule has 0 aliphatic heterocycles. The van der Waals surface area contributed by atoms with Crippen LogP contribution in [0.5, 0.6) is 5.75 Å². The minimum atomic E-state index is -2.93. The Labute approximate surface area is 178 Å². The van der Waals surface area contributed by atoms with E-state index in [0.717, 1.165) is 12.0 Å². The molecule has 158 valence electrons. The Hall–Kier alpha value is -3.58. The molecule has 0 aliphatic rings. The molecule has 31 heavy (non-hydrogen) atoms. The predicted octanol–water partition coefficient (Wildman–Crippen LogP) is 5.41. The largest absolute Gasteiger partial charge is 0.434 e.